The summed E-state index contributed by atoms with van der Waals surface area (Å²) in [6.45, 7) is 0.222. The van der Waals surface area contributed by atoms with Gasteiger partial charge in [-0.2, -0.15) is 0 Å². The van der Waals surface area contributed by atoms with Crippen LogP contribution in [-0.4, -0.2) is 59.6 Å². The Hall–Kier alpha value is -0.610. The Morgan fingerprint density at radius 3 is 2.18 bits per heavy atom. The fourth-order valence-corrected chi connectivity index (χ4v) is 3.16. The van der Waals surface area contributed by atoms with Gasteiger partial charge in [0.2, 0.25) is 0 Å². The summed E-state index contributed by atoms with van der Waals surface area (Å²) in [5, 5.41) is 9.06. The highest BCUT2D eigenvalue weighted by molar-refractivity contribution is 5.69. The van der Waals surface area contributed by atoms with E-state index in [1.165, 1.54) is 32.1 Å². The van der Waals surface area contributed by atoms with E-state index in [4.69, 9.17) is 5.11 Å². The van der Waals surface area contributed by atoms with Crippen LogP contribution >= 0.6 is 0 Å². The number of carbonyl (C=O) groups is 1. The largest absolute Gasteiger partial charge is 0.480 e. The highest BCUT2D eigenvalue weighted by Gasteiger charge is 2.39. The number of rotatable bonds is 5. The first-order valence-corrected chi connectivity index (χ1v) is 6.73. The Bertz CT molecular complexity index is 277. The highest BCUT2D eigenvalue weighted by atomic mass is 16.4. The van der Waals surface area contributed by atoms with E-state index in [0.29, 0.717) is 18.1 Å². The van der Waals surface area contributed by atoms with Crippen molar-refractivity contribution in [3.8, 4) is 0 Å². The monoisotopic (exact) mass is 240 g/mol. The van der Waals surface area contributed by atoms with Crippen LogP contribution in [-0.2, 0) is 4.79 Å². The minimum Gasteiger partial charge on any atom is -0.480 e. The molecule has 17 heavy (non-hydrogen) atoms. The van der Waals surface area contributed by atoms with Gasteiger partial charge in [0.15, 0.2) is 0 Å². The van der Waals surface area contributed by atoms with Crippen LogP contribution in [0.3, 0.4) is 0 Å². The third-order valence-electron chi connectivity index (χ3n) is 4.12. The molecule has 2 fully saturated rings. The van der Waals surface area contributed by atoms with Gasteiger partial charge in [0.05, 0.1) is 6.54 Å². The molecule has 2 aliphatic rings. The average Bonchev–Trinajstić information content (AvgIpc) is 3.09. The normalized spacial score (nSPS) is 29.9. The summed E-state index contributed by atoms with van der Waals surface area (Å²) in [5.74, 6) is -0.681. The molecule has 2 atom stereocenters. The second kappa shape index (κ2) is 5.36. The van der Waals surface area contributed by atoms with Crippen molar-refractivity contribution in [1.29, 1.82) is 0 Å². The maximum Gasteiger partial charge on any atom is 0.317 e. The van der Waals surface area contributed by atoms with Crippen molar-refractivity contribution >= 4 is 5.97 Å². The number of nitrogens with zero attached hydrogens (tertiary/aromatic N) is 2. The number of hydrogen-bond acceptors (Lipinski definition) is 3. The molecule has 0 aromatic carbocycles. The first-order chi connectivity index (χ1) is 8.09. The summed E-state index contributed by atoms with van der Waals surface area (Å²) >= 11 is 0. The maximum absolute atomic E-state index is 11.0. The molecule has 0 radical (unpaired) electrons. The molecule has 0 amide bonds. The first kappa shape index (κ1) is 12.8. The van der Waals surface area contributed by atoms with E-state index in [1.807, 2.05) is 0 Å². The van der Waals surface area contributed by atoms with Gasteiger partial charge in [-0.25, -0.2) is 0 Å². The molecule has 4 heteroatoms. The van der Waals surface area contributed by atoms with E-state index in [2.05, 4.69) is 23.9 Å². The fraction of sp³-hybridized carbons (Fsp3) is 0.923. The Balaban J connectivity index is 2.06. The van der Waals surface area contributed by atoms with E-state index in [0.717, 1.165) is 6.42 Å². The van der Waals surface area contributed by atoms with Crippen LogP contribution in [0.1, 0.15) is 38.5 Å². The first-order valence-electron chi connectivity index (χ1n) is 6.73. The second-order valence-corrected chi connectivity index (χ2v) is 5.68. The third-order valence-corrected chi connectivity index (χ3v) is 4.12. The minimum atomic E-state index is -0.681. The van der Waals surface area contributed by atoms with E-state index < -0.39 is 5.97 Å². The summed E-state index contributed by atoms with van der Waals surface area (Å²) in [6.07, 6.45) is 7.27. The maximum atomic E-state index is 11.0. The van der Waals surface area contributed by atoms with Crippen LogP contribution < -0.4 is 0 Å². The van der Waals surface area contributed by atoms with Crippen molar-refractivity contribution in [1.82, 2.24) is 9.80 Å². The van der Waals surface area contributed by atoms with E-state index in [9.17, 15) is 4.79 Å². The van der Waals surface area contributed by atoms with Crippen molar-refractivity contribution in [2.45, 2.75) is 56.7 Å². The molecule has 2 aliphatic carbocycles. The molecular weight excluding hydrogens is 216 g/mol. The van der Waals surface area contributed by atoms with Crippen molar-refractivity contribution < 1.29 is 9.90 Å². The standard InChI is InChI=1S/C13H24N2O2/c1-14(2)11-5-3-4-6-12(11)15(9-13(16)17)10-7-8-10/h10-12H,3-9H2,1-2H3,(H,16,17)/t11-,12+/m0/s1. The van der Waals surface area contributed by atoms with Crippen LogP contribution in [0.15, 0.2) is 0 Å². The van der Waals surface area contributed by atoms with Crippen LogP contribution in [0.2, 0.25) is 0 Å². The van der Waals surface area contributed by atoms with Crippen molar-refractivity contribution in [3.63, 3.8) is 0 Å². The van der Waals surface area contributed by atoms with Gasteiger partial charge in [-0.05, 0) is 39.8 Å². The Kier molecular flexibility index (Phi) is 4.05. The zero-order chi connectivity index (χ0) is 12.4. The van der Waals surface area contributed by atoms with Crippen LogP contribution in [0.4, 0.5) is 0 Å². The summed E-state index contributed by atoms with van der Waals surface area (Å²) in [6, 6.07) is 1.52. The molecule has 0 bridgehead atoms. The van der Waals surface area contributed by atoms with E-state index in [1.54, 1.807) is 0 Å². The molecule has 1 N–H and O–H groups in total. The van der Waals surface area contributed by atoms with Gasteiger partial charge in [0.25, 0.3) is 0 Å². The SMILES string of the molecule is CN(C)[C@H]1CCCC[C@H]1N(CC(=O)O)C1CC1. The topological polar surface area (TPSA) is 43.8 Å². The van der Waals surface area contributed by atoms with E-state index >= 15 is 0 Å². The van der Waals surface area contributed by atoms with Gasteiger partial charge in [-0.1, -0.05) is 12.8 Å². The van der Waals surface area contributed by atoms with Gasteiger partial charge in [0, 0.05) is 18.1 Å². The molecule has 2 saturated carbocycles. The predicted molar refractivity (Wildman–Crippen MR) is 67.1 cm³/mol. The Morgan fingerprint density at radius 1 is 1.12 bits per heavy atom. The summed E-state index contributed by atoms with van der Waals surface area (Å²) < 4.78 is 0. The Labute approximate surface area is 104 Å². The number of likely N-dealkylation sites (N-methyl/N-ethyl adjacent to an activating group) is 1. The smallest absolute Gasteiger partial charge is 0.317 e. The number of hydrogen-bond donors (Lipinski definition) is 1. The van der Waals surface area contributed by atoms with E-state index in [-0.39, 0.29) is 6.54 Å². The van der Waals surface area contributed by atoms with Gasteiger partial charge in [-0.3, -0.25) is 9.69 Å². The molecule has 4 nitrogen and oxygen atoms in total. The average molecular weight is 240 g/mol. The molecule has 0 aromatic heterocycles. The van der Waals surface area contributed by atoms with Gasteiger partial charge in [-0.15, -0.1) is 0 Å². The molecule has 0 saturated heterocycles. The molecule has 0 aliphatic heterocycles. The molecule has 0 heterocycles. The lowest BCUT2D eigenvalue weighted by Gasteiger charge is -2.42. The summed E-state index contributed by atoms with van der Waals surface area (Å²) in [4.78, 5) is 15.5. The van der Waals surface area contributed by atoms with Crippen molar-refractivity contribution in [2.75, 3.05) is 20.6 Å². The third kappa shape index (κ3) is 3.19. The second-order valence-electron chi connectivity index (χ2n) is 5.68. The quantitative estimate of drug-likeness (QED) is 0.789. The Morgan fingerprint density at radius 2 is 1.71 bits per heavy atom. The van der Waals surface area contributed by atoms with Gasteiger partial charge < -0.3 is 10.0 Å². The predicted octanol–water partition coefficient (Wildman–Crippen LogP) is 1.41. The fourth-order valence-electron chi connectivity index (χ4n) is 3.16. The van der Waals surface area contributed by atoms with Crippen LogP contribution in [0.25, 0.3) is 0 Å². The lowest BCUT2D eigenvalue weighted by Crippen LogP contribution is -2.53. The molecule has 0 spiro atoms. The highest BCUT2D eigenvalue weighted by Crippen LogP contribution is 2.34. The zero-order valence-electron chi connectivity index (χ0n) is 10.9. The molecule has 0 unspecified atom stereocenters. The van der Waals surface area contributed by atoms with Crippen molar-refractivity contribution in [3.05, 3.63) is 0 Å². The van der Waals surface area contributed by atoms with Crippen molar-refractivity contribution in [2.24, 2.45) is 0 Å². The molecule has 98 valence electrons. The lowest BCUT2D eigenvalue weighted by molar-refractivity contribution is -0.139. The van der Waals surface area contributed by atoms with Crippen LogP contribution in [0, 0.1) is 0 Å². The summed E-state index contributed by atoms with van der Waals surface area (Å²) in [7, 11) is 4.24. The molecule has 0 aromatic rings. The van der Waals surface area contributed by atoms with Gasteiger partial charge >= 0.3 is 5.97 Å². The van der Waals surface area contributed by atoms with Gasteiger partial charge in [0.1, 0.15) is 0 Å². The molecular formula is C13H24N2O2. The number of aliphatic carboxylic acids is 1. The van der Waals surface area contributed by atoms with Crippen LogP contribution in [0.5, 0.6) is 0 Å². The molecule has 2 rings (SSSR count). The number of carboxylic acids is 1. The zero-order valence-corrected chi connectivity index (χ0v) is 10.9. The minimum absolute atomic E-state index is 0.222. The lowest BCUT2D eigenvalue weighted by atomic mass is 9.88. The summed E-state index contributed by atoms with van der Waals surface area (Å²) in [5.41, 5.74) is 0. The number of carboxylic acid groups (broad SMARTS) is 1.